The Balaban J connectivity index is 1.23. The van der Waals surface area contributed by atoms with Gasteiger partial charge in [0, 0.05) is 50.9 Å². The Bertz CT molecular complexity index is 949. The molecule has 0 spiro atoms. The highest BCUT2D eigenvalue weighted by molar-refractivity contribution is 5.94. The van der Waals surface area contributed by atoms with Crippen LogP contribution in [0.1, 0.15) is 65.0 Å². The number of rotatable bonds is 6. The molecule has 0 radical (unpaired) electrons. The second kappa shape index (κ2) is 9.88. The van der Waals surface area contributed by atoms with E-state index in [9.17, 15) is 9.59 Å². The SMILES string of the molecule is Cc1nn(C)c(C)c1CCC(=O)N1CCC(Cc2ccc(C(=O)N3CCCC3)cc2)CC1. The van der Waals surface area contributed by atoms with Crippen molar-refractivity contribution in [2.24, 2.45) is 13.0 Å². The fourth-order valence-corrected chi connectivity index (χ4v) is 5.18. The summed E-state index contributed by atoms with van der Waals surface area (Å²) >= 11 is 0. The van der Waals surface area contributed by atoms with E-state index >= 15 is 0 Å². The van der Waals surface area contributed by atoms with Crippen LogP contribution in [0.2, 0.25) is 0 Å². The fourth-order valence-electron chi connectivity index (χ4n) is 5.18. The standard InChI is InChI=1S/C26H36N4O2/c1-19-24(20(2)28(3)27-19)10-11-25(31)29-16-12-22(13-17-29)18-21-6-8-23(9-7-21)26(32)30-14-4-5-15-30/h6-9,22H,4-5,10-18H2,1-3H3. The van der Waals surface area contributed by atoms with Crippen molar-refractivity contribution in [1.82, 2.24) is 19.6 Å². The van der Waals surface area contributed by atoms with E-state index in [1.807, 2.05) is 40.6 Å². The topological polar surface area (TPSA) is 58.4 Å². The zero-order chi connectivity index (χ0) is 22.7. The Morgan fingerprint density at radius 2 is 1.62 bits per heavy atom. The lowest BCUT2D eigenvalue weighted by molar-refractivity contribution is -0.132. The second-order valence-corrected chi connectivity index (χ2v) is 9.50. The molecule has 2 aliphatic heterocycles. The number of benzene rings is 1. The maximum atomic E-state index is 12.7. The summed E-state index contributed by atoms with van der Waals surface area (Å²) in [5, 5.41) is 4.46. The van der Waals surface area contributed by atoms with Crippen molar-refractivity contribution in [3.8, 4) is 0 Å². The van der Waals surface area contributed by atoms with Gasteiger partial charge in [-0.15, -0.1) is 0 Å². The number of carbonyl (C=O) groups is 2. The highest BCUT2D eigenvalue weighted by atomic mass is 16.2. The number of hydrogen-bond donors (Lipinski definition) is 0. The van der Waals surface area contributed by atoms with Gasteiger partial charge in [-0.3, -0.25) is 14.3 Å². The minimum absolute atomic E-state index is 0.164. The van der Waals surface area contributed by atoms with Crippen LogP contribution in [0.5, 0.6) is 0 Å². The number of amides is 2. The molecule has 6 nitrogen and oxygen atoms in total. The van der Waals surface area contributed by atoms with E-state index in [4.69, 9.17) is 0 Å². The third-order valence-corrected chi connectivity index (χ3v) is 7.33. The minimum Gasteiger partial charge on any atom is -0.343 e. The van der Waals surface area contributed by atoms with Gasteiger partial charge in [0.15, 0.2) is 0 Å². The Labute approximate surface area is 191 Å². The van der Waals surface area contributed by atoms with Gasteiger partial charge in [-0.25, -0.2) is 0 Å². The highest BCUT2D eigenvalue weighted by Gasteiger charge is 2.24. The first-order valence-electron chi connectivity index (χ1n) is 12.1. The van der Waals surface area contributed by atoms with Gasteiger partial charge in [0.25, 0.3) is 5.91 Å². The van der Waals surface area contributed by atoms with Crippen molar-refractivity contribution in [2.75, 3.05) is 26.2 Å². The number of nitrogens with zero attached hydrogens (tertiary/aromatic N) is 4. The second-order valence-electron chi connectivity index (χ2n) is 9.50. The number of aromatic nitrogens is 2. The summed E-state index contributed by atoms with van der Waals surface area (Å²) in [5.41, 5.74) is 5.49. The minimum atomic E-state index is 0.164. The molecule has 0 aliphatic carbocycles. The Morgan fingerprint density at radius 3 is 2.22 bits per heavy atom. The monoisotopic (exact) mass is 436 g/mol. The molecule has 2 aromatic rings. The quantitative estimate of drug-likeness (QED) is 0.694. The molecule has 0 N–H and O–H groups in total. The zero-order valence-corrected chi connectivity index (χ0v) is 19.8. The molecule has 172 valence electrons. The van der Waals surface area contributed by atoms with Crippen LogP contribution in [0.4, 0.5) is 0 Å². The van der Waals surface area contributed by atoms with Crippen LogP contribution < -0.4 is 0 Å². The predicted octanol–water partition coefficient (Wildman–Crippen LogP) is 3.69. The molecule has 1 aromatic heterocycles. The van der Waals surface area contributed by atoms with Crippen LogP contribution in [0.25, 0.3) is 0 Å². The number of hydrogen-bond acceptors (Lipinski definition) is 3. The molecule has 4 rings (SSSR count). The van der Waals surface area contributed by atoms with E-state index in [2.05, 4.69) is 24.2 Å². The molecular weight excluding hydrogens is 400 g/mol. The largest absolute Gasteiger partial charge is 0.343 e. The van der Waals surface area contributed by atoms with Gasteiger partial charge in [-0.1, -0.05) is 12.1 Å². The number of aryl methyl sites for hydroxylation is 2. The van der Waals surface area contributed by atoms with E-state index < -0.39 is 0 Å². The lowest BCUT2D eigenvalue weighted by Gasteiger charge is -2.32. The molecule has 0 atom stereocenters. The molecule has 2 saturated heterocycles. The molecule has 2 fully saturated rings. The van der Waals surface area contributed by atoms with E-state index in [-0.39, 0.29) is 11.8 Å². The van der Waals surface area contributed by atoms with Crippen molar-refractivity contribution in [3.63, 3.8) is 0 Å². The molecule has 0 unspecified atom stereocenters. The maximum absolute atomic E-state index is 12.7. The van der Waals surface area contributed by atoms with E-state index in [0.29, 0.717) is 12.3 Å². The van der Waals surface area contributed by atoms with Crippen LogP contribution >= 0.6 is 0 Å². The van der Waals surface area contributed by atoms with E-state index in [0.717, 1.165) is 81.7 Å². The van der Waals surface area contributed by atoms with Gasteiger partial charge in [-0.2, -0.15) is 5.10 Å². The molecule has 0 saturated carbocycles. The molecule has 2 aliphatic rings. The first-order valence-corrected chi connectivity index (χ1v) is 12.1. The smallest absolute Gasteiger partial charge is 0.253 e. The van der Waals surface area contributed by atoms with Crippen molar-refractivity contribution in [3.05, 3.63) is 52.3 Å². The van der Waals surface area contributed by atoms with Gasteiger partial charge < -0.3 is 9.80 Å². The van der Waals surface area contributed by atoms with Crippen LogP contribution in [0.15, 0.2) is 24.3 Å². The summed E-state index contributed by atoms with van der Waals surface area (Å²) in [5.74, 6) is 1.02. The summed E-state index contributed by atoms with van der Waals surface area (Å²) < 4.78 is 1.90. The summed E-state index contributed by atoms with van der Waals surface area (Å²) in [4.78, 5) is 29.2. The average molecular weight is 437 g/mol. The van der Waals surface area contributed by atoms with Gasteiger partial charge >= 0.3 is 0 Å². The Kier molecular flexibility index (Phi) is 6.97. The first-order chi connectivity index (χ1) is 15.4. The van der Waals surface area contributed by atoms with Crippen LogP contribution in [0, 0.1) is 19.8 Å². The molecule has 6 heteroatoms. The number of piperidine rings is 1. The first kappa shape index (κ1) is 22.6. The van der Waals surface area contributed by atoms with Crippen LogP contribution in [-0.4, -0.2) is 57.6 Å². The summed E-state index contributed by atoms with van der Waals surface area (Å²) in [6, 6.07) is 8.19. The lowest BCUT2D eigenvalue weighted by Crippen LogP contribution is -2.39. The van der Waals surface area contributed by atoms with Crippen LogP contribution in [0.3, 0.4) is 0 Å². The number of carbonyl (C=O) groups excluding carboxylic acids is 2. The normalized spacial score (nSPS) is 17.2. The molecule has 2 amide bonds. The molecular formula is C26H36N4O2. The third kappa shape index (κ3) is 5.05. The van der Waals surface area contributed by atoms with Gasteiger partial charge in [-0.05, 0) is 81.5 Å². The lowest BCUT2D eigenvalue weighted by atomic mass is 9.89. The van der Waals surface area contributed by atoms with E-state index in [1.165, 1.54) is 11.1 Å². The van der Waals surface area contributed by atoms with Crippen molar-refractivity contribution < 1.29 is 9.59 Å². The van der Waals surface area contributed by atoms with Gasteiger partial charge in [0.05, 0.1) is 5.69 Å². The molecule has 32 heavy (non-hydrogen) atoms. The maximum Gasteiger partial charge on any atom is 0.253 e. The summed E-state index contributed by atoms with van der Waals surface area (Å²) in [6.45, 7) is 7.56. The predicted molar refractivity (Wildman–Crippen MR) is 126 cm³/mol. The molecule has 1 aromatic carbocycles. The van der Waals surface area contributed by atoms with Gasteiger partial charge in [0.1, 0.15) is 0 Å². The van der Waals surface area contributed by atoms with Crippen molar-refractivity contribution in [1.29, 1.82) is 0 Å². The van der Waals surface area contributed by atoms with Crippen molar-refractivity contribution >= 4 is 11.8 Å². The molecule has 0 bridgehead atoms. The zero-order valence-electron chi connectivity index (χ0n) is 19.8. The van der Waals surface area contributed by atoms with Crippen molar-refractivity contribution in [2.45, 2.75) is 58.8 Å². The molecule has 3 heterocycles. The van der Waals surface area contributed by atoms with Crippen LogP contribution in [-0.2, 0) is 24.7 Å². The van der Waals surface area contributed by atoms with Gasteiger partial charge in [0.2, 0.25) is 5.91 Å². The highest BCUT2D eigenvalue weighted by Crippen LogP contribution is 2.24. The Morgan fingerprint density at radius 1 is 0.969 bits per heavy atom. The fraction of sp³-hybridized carbons (Fsp3) is 0.577. The number of likely N-dealkylation sites (tertiary alicyclic amines) is 2. The average Bonchev–Trinajstić information content (AvgIpc) is 3.42. The van der Waals surface area contributed by atoms with E-state index in [1.54, 1.807) is 0 Å². The summed E-state index contributed by atoms with van der Waals surface area (Å²) in [6.07, 6.45) is 6.68. The Hall–Kier alpha value is -2.63. The third-order valence-electron chi connectivity index (χ3n) is 7.33. The summed E-state index contributed by atoms with van der Waals surface area (Å²) in [7, 11) is 1.96.